The number of hydrogen-bond donors (Lipinski definition) is 2. The molecule has 0 heterocycles. The Bertz CT molecular complexity index is 486. The monoisotopic (exact) mass is 317 g/mol. The molecule has 2 amide bonds. The fourth-order valence-corrected chi connectivity index (χ4v) is 2.10. The predicted molar refractivity (Wildman–Crippen MR) is 81.0 cm³/mol. The fraction of sp³-hybridized carbons (Fsp3) is 0.385. The van der Waals surface area contributed by atoms with Gasteiger partial charge >= 0.3 is 0 Å². The molecule has 3 N–H and O–H groups in total. The molecule has 0 saturated heterocycles. The first-order valence-electron chi connectivity index (χ1n) is 6.15. The third kappa shape index (κ3) is 4.37. The predicted octanol–water partition coefficient (Wildman–Crippen LogP) is 2.13. The number of anilines is 1. The molecule has 0 aliphatic heterocycles. The van der Waals surface area contributed by atoms with Crippen LogP contribution in [0.2, 0.25) is 10.0 Å². The Kier molecular flexibility index (Phi) is 6.26. The molecule has 0 aliphatic rings. The number of likely N-dealkylation sites (N-methyl/N-ethyl adjacent to an activating group) is 1. The topological polar surface area (TPSA) is 75.4 Å². The van der Waals surface area contributed by atoms with Crippen LogP contribution in [-0.2, 0) is 9.59 Å². The molecule has 20 heavy (non-hydrogen) atoms. The van der Waals surface area contributed by atoms with E-state index in [0.29, 0.717) is 22.3 Å². The zero-order valence-electron chi connectivity index (χ0n) is 11.3. The number of hydrogen-bond acceptors (Lipinski definition) is 3. The van der Waals surface area contributed by atoms with Gasteiger partial charge in [-0.3, -0.25) is 9.59 Å². The van der Waals surface area contributed by atoms with Crippen molar-refractivity contribution in [3.8, 4) is 0 Å². The van der Waals surface area contributed by atoms with Crippen LogP contribution in [0, 0.1) is 0 Å². The Balaban J connectivity index is 2.74. The molecule has 0 saturated carbocycles. The maximum atomic E-state index is 12.0. The van der Waals surface area contributed by atoms with Gasteiger partial charge in [0.1, 0.15) is 0 Å². The number of para-hydroxylation sites is 1. The van der Waals surface area contributed by atoms with Gasteiger partial charge in [-0.05, 0) is 26.0 Å². The molecular formula is C13H17Cl2N3O2. The van der Waals surface area contributed by atoms with Crippen LogP contribution in [0.1, 0.15) is 13.8 Å². The van der Waals surface area contributed by atoms with E-state index in [1.807, 2.05) is 0 Å². The number of rotatable bonds is 5. The average molecular weight is 318 g/mol. The van der Waals surface area contributed by atoms with Crippen molar-refractivity contribution >= 4 is 40.7 Å². The molecule has 0 fully saturated rings. The second-order valence-corrected chi connectivity index (χ2v) is 5.10. The second-order valence-electron chi connectivity index (χ2n) is 4.29. The zero-order valence-corrected chi connectivity index (χ0v) is 12.8. The van der Waals surface area contributed by atoms with Crippen LogP contribution in [0.25, 0.3) is 0 Å². The quantitative estimate of drug-likeness (QED) is 0.873. The summed E-state index contributed by atoms with van der Waals surface area (Å²) in [5.74, 6) is -0.663. The standard InChI is InChI=1S/C13H17Cl2N3O2/c1-3-18(13(20)8(2)16)7-11(19)17-12-9(14)5-4-6-10(12)15/h4-6,8H,3,7,16H2,1-2H3,(H,17,19). The van der Waals surface area contributed by atoms with E-state index in [-0.39, 0.29) is 18.4 Å². The van der Waals surface area contributed by atoms with Gasteiger partial charge in [0.05, 0.1) is 28.3 Å². The summed E-state index contributed by atoms with van der Waals surface area (Å²) in [6, 6.07) is 4.27. The largest absolute Gasteiger partial charge is 0.332 e. The average Bonchev–Trinajstić information content (AvgIpc) is 2.39. The Morgan fingerprint density at radius 2 is 1.90 bits per heavy atom. The maximum Gasteiger partial charge on any atom is 0.244 e. The van der Waals surface area contributed by atoms with Crippen LogP contribution in [0.5, 0.6) is 0 Å². The van der Waals surface area contributed by atoms with Gasteiger partial charge in [-0.25, -0.2) is 0 Å². The molecular weight excluding hydrogens is 301 g/mol. The highest BCUT2D eigenvalue weighted by atomic mass is 35.5. The van der Waals surface area contributed by atoms with Gasteiger partial charge in [-0.1, -0.05) is 29.3 Å². The lowest BCUT2D eigenvalue weighted by molar-refractivity contribution is -0.135. The highest BCUT2D eigenvalue weighted by Crippen LogP contribution is 2.29. The van der Waals surface area contributed by atoms with Crippen LogP contribution in [0.15, 0.2) is 18.2 Å². The van der Waals surface area contributed by atoms with E-state index in [4.69, 9.17) is 28.9 Å². The summed E-state index contributed by atoms with van der Waals surface area (Å²) < 4.78 is 0. The summed E-state index contributed by atoms with van der Waals surface area (Å²) in [6.45, 7) is 3.65. The highest BCUT2D eigenvalue weighted by molar-refractivity contribution is 6.39. The Morgan fingerprint density at radius 3 is 2.35 bits per heavy atom. The van der Waals surface area contributed by atoms with Crippen LogP contribution in [0.3, 0.4) is 0 Å². The van der Waals surface area contributed by atoms with E-state index >= 15 is 0 Å². The Hall–Kier alpha value is -1.30. The molecule has 1 atom stereocenters. The molecule has 0 bridgehead atoms. The molecule has 0 aliphatic carbocycles. The third-order valence-corrected chi connectivity index (χ3v) is 3.27. The lowest BCUT2D eigenvalue weighted by Crippen LogP contribution is -2.45. The van der Waals surface area contributed by atoms with Gasteiger partial charge in [0.15, 0.2) is 0 Å². The van der Waals surface area contributed by atoms with Gasteiger partial charge in [0.2, 0.25) is 11.8 Å². The van der Waals surface area contributed by atoms with Crippen molar-refractivity contribution in [2.45, 2.75) is 19.9 Å². The van der Waals surface area contributed by atoms with Crippen LogP contribution < -0.4 is 11.1 Å². The molecule has 0 spiro atoms. The van der Waals surface area contributed by atoms with Crippen molar-refractivity contribution in [1.82, 2.24) is 4.90 Å². The van der Waals surface area contributed by atoms with E-state index in [1.54, 1.807) is 32.0 Å². The van der Waals surface area contributed by atoms with Crippen LogP contribution in [-0.4, -0.2) is 35.8 Å². The molecule has 1 rings (SSSR count). The minimum atomic E-state index is -0.647. The van der Waals surface area contributed by atoms with Crippen molar-refractivity contribution in [3.05, 3.63) is 28.2 Å². The van der Waals surface area contributed by atoms with E-state index in [9.17, 15) is 9.59 Å². The smallest absolute Gasteiger partial charge is 0.244 e. The van der Waals surface area contributed by atoms with E-state index in [0.717, 1.165) is 0 Å². The Labute approximate surface area is 128 Å². The first-order valence-corrected chi connectivity index (χ1v) is 6.90. The number of nitrogens with zero attached hydrogens (tertiary/aromatic N) is 1. The van der Waals surface area contributed by atoms with Crippen LogP contribution >= 0.6 is 23.2 Å². The number of benzene rings is 1. The van der Waals surface area contributed by atoms with Gasteiger partial charge in [-0.15, -0.1) is 0 Å². The van der Waals surface area contributed by atoms with Crippen LogP contribution in [0.4, 0.5) is 5.69 Å². The van der Waals surface area contributed by atoms with Gasteiger partial charge < -0.3 is 16.0 Å². The molecule has 0 aromatic heterocycles. The third-order valence-electron chi connectivity index (χ3n) is 2.64. The first kappa shape index (κ1) is 16.8. The summed E-state index contributed by atoms with van der Waals surface area (Å²) in [5, 5.41) is 3.28. The number of halogens is 2. The normalized spacial score (nSPS) is 11.8. The summed E-state index contributed by atoms with van der Waals surface area (Å²) in [6.07, 6.45) is 0. The summed E-state index contributed by atoms with van der Waals surface area (Å²) in [5.41, 5.74) is 5.86. The van der Waals surface area contributed by atoms with Crippen molar-refractivity contribution < 1.29 is 9.59 Å². The molecule has 1 unspecified atom stereocenters. The molecule has 7 heteroatoms. The molecule has 1 aromatic rings. The SMILES string of the molecule is CCN(CC(=O)Nc1c(Cl)cccc1Cl)C(=O)C(C)N. The lowest BCUT2D eigenvalue weighted by atomic mass is 10.3. The van der Waals surface area contributed by atoms with Crippen molar-refractivity contribution in [2.75, 3.05) is 18.4 Å². The maximum absolute atomic E-state index is 12.0. The van der Waals surface area contributed by atoms with E-state index < -0.39 is 6.04 Å². The number of nitrogens with two attached hydrogens (primary N) is 1. The number of carbonyl (C=O) groups excluding carboxylic acids is 2. The van der Waals surface area contributed by atoms with E-state index in [1.165, 1.54) is 4.90 Å². The Morgan fingerprint density at radius 1 is 1.35 bits per heavy atom. The minimum absolute atomic E-state index is 0.0988. The molecule has 1 aromatic carbocycles. The van der Waals surface area contributed by atoms with Gasteiger partial charge in [0.25, 0.3) is 0 Å². The number of carbonyl (C=O) groups is 2. The summed E-state index contributed by atoms with van der Waals surface area (Å²) in [4.78, 5) is 25.1. The second kappa shape index (κ2) is 7.47. The molecule has 110 valence electrons. The first-order chi connectivity index (χ1) is 9.36. The minimum Gasteiger partial charge on any atom is -0.332 e. The fourth-order valence-electron chi connectivity index (χ4n) is 1.60. The highest BCUT2D eigenvalue weighted by Gasteiger charge is 2.19. The van der Waals surface area contributed by atoms with Gasteiger partial charge in [0, 0.05) is 6.54 Å². The zero-order chi connectivity index (χ0) is 15.3. The summed E-state index contributed by atoms with van der Waals surface area (Å²) >= 11 is 11.9. The van der Waals surface area contributed by atoms with Crippen molar-refractivity contribution in [2.24, 2.45) is 5.73 Å². The molecule has 5 nitrogen and oxygen atoms in total. The van der Waals surface area contributed by atoms with Gasteiger partial charge in [-0.2, -0.15) is 0 Å². The number of nitrogens with one attached hydrogen (secondary N) is 1. The van der Waals surface area contributed by atoms with Crippen molar-refractivity contribution in [1.29, 1.82) is 0 Å². The lowest BCUT2D eigenvalue weighted by Gasteiger charge is -2.22. The summed E-state index contributed by atoms with van der Waals surface area (Å²) in [7, 11) is 0. The number of amides is 2. The molecule has 0 radical (unpaired) electrons. The van der Waals surface area contributed by atoms with Crippen molar-refractivity contribution in [3.63, 3.8) is 0 Å². The van der Waals surface area contributed by atoms with E-state index in [2.05, 4.69) is 5.32 Å².